The molecule has 1 saturated heterocycles. The van der Waals surface area contributed by atoms with Crippen LogP contribution in [0.5, 0.6) is 0 Å². The normalized spacial score (nSPS) is 22.5. The van der Waals surface area contributed by atoms with Gasteiger partial charge in [-0.3, -0.25) is 9.79 Å². The Morgan fingerprint density at radius 2 is 1.90 bits per heavy atom. The molecule has 0 bridgehead atoms. The molecule has 1 saturated carbocycles. The van der Waals surface area contributed by atoms with E-state index in [0.717, 1.165) is 61.8 Å². The lowest BCUT2D eigenvalue weighted by atomic mass is 9.84. The quantitative estimate of drug-likeness (QED) is 0.324. The Morgan fingerprint density at radius 1 is 1.23 bits per heavy atom. The summed E-state index contributed by atoms with van der Waals surface area (Å²) in [5, 5.41) is 6.92. The molecule has 3 rings (SSSR count). The summed E-state index contributed by atoms with van der Waals surface area (Å²) < 4.78 is 13.6. The predicted molar refractivity (Wildman–Crippen MR) is 139 cm³/mol. The minimum atomic E-state index is -0.226. The summed E-state index contributed by atoms with van der Waals surface area (Å²) in [7, 11) is 1.77. The van der Waals surface area contributed by atoms with Gasteiger partial charge in [-0.05, 0) is 43.4 Å². The second kappa shape index (κ2) is 12.3. The zero-order valence-corrected chi connectivity index (χ0v) is 22.0. The van der Waals surface area contributed by atoms with E-state index in [-0.39, 0.29) is 41.1 Å². The second-order valence-electron chi connectivity index (χ2n) is 8.95. The number of halogens is 2. The van der Waals surface area contributed by atoms with E-state index in [1.54, 1.807) is 19.2 Å². The average molecular weight is 563 g/mol. The number of benzene rings is 1. The van der Waals surface area contributed by atoms with Gasteiger partial charge in [0.15, 0.2) is 5.96 Å². The first-order chi connectivity index (χ1) is 14.4. The van der Waals surface area contributed by atoms with Gasteiger partial charge in [-0.15, -0.1) is 24.0 Å². The first kappa shape index (κ1) is 26.2. The van der Waals surface area contributed by atoms with Crippen molar-refractivity contribution in [1.82, 2.24) is 15.5 Å². The molecule has 1 aliphatic heterocycles. The number of nitrogens with zero attached hydrogens (tertiary/aromatic N) is 2. The van der Waals surface area contributed by atoms with Crippen LogP contribution in [0.25, 0.3) is 0 Å². The molecule has 0 atom stereocenters. The van der Waals surface area contributed by atoms with Gasteiger partial charge in [0, 0.05) is 55.6 Å². The Bertz CT molecular complexity index is 747. The molecule has 0 radical (unpaired) electrons. The van der Waals surface area contributed by atoms with Crippen LogP contribution in [0.4, 0.5) is 4.39 Å². The van der Waals surface area contributed by atoms with Crippen molar-refractivity contribution in [2.45, 2.75) is 51.0 Å². The van der Waals surface area contributed by atoms with Crippen LogP contribution in [-0.2, 0) is 10.2 Å². The van der Waals surface area contributed by atoms with E-state index in [1.165, 1.54) is 6.07 Å². The van der Waals surface area contributed by atoms with Gasteiger partial charge in [0.25, 0.3) is 0 Å². The van der Waals surface area contributed by atoms with Crippen LogP contribution in [0.1, 0.15) is 45.1 Å². The van der Waals surface area contributed by atoms with Gasteiger partial charge < -0.3 is 15.5 Å². The van der Waals surface area contributed by atoms with Gasteiger partial charge in [-0.1, -0.05) is 26.0 Å². The molecule has 1 aliphatic carbocycles. The fraction of sp³-hybridized carbons (Fsp3) is 0.652. The molecule has 1 aromatic rings. The summed E-state index contributed by atoms with van der Waals surface area (Å²) in [6.45, 7) is 6.64. The highest BCUT2D eigenvalue weighted by molar-refractivity contribution is 14.0. The monoisotopic (exact) mass is 562 g/mol. The van der Waals surface area contributed by atoms with Gasteiger partial charge in [0.1, 0.15) is 5.82 Å². The third-order valence-corrected chi connectivity index (χ3v) is 7.21. The fourth-order valence-corrected chi connectivity index (χ4v) is 5.13. The van der Waals surface area contributed by atoms with Gasteiger partial charge in [0.05, 0.1) is 0 Å². The Labute approximate surface area is 207 Å². The molecule has 0 unspecified atom stereocenters. The zero-order valence-electron chi connectivity index (χ0n) is 18.8. The summed E-state index contributed by atoms with van der Waals surface area (Å²) in [4.78, 5) is 19.2. The molecule has 174 valence electrons. The number of carbonyl (C=O) groups is 1. The summed E-state index contributed by atoms with van der Waals surface area (Å²) in [5.74, 6) is 3.22. The van der Waals surface area contributed by atoms with Crippen LogP contribution >= 0.6 is 35.7 Å². The number of hydrogen-bond acceptors (Lipinski definition) is 3. The molecule has 5 nitrogen and oxygen atoms in total. The molecule has 1 heterocycles. The number of rotatable bonds is 5. The summed E-state index contributed by atoms with van der Waals surface area (Å²) in [6.07, 6.45) is 3.83. The van der Waals surface area contributed by atoms with Crippen LogP contribution in [0.15, 0.2) is 29.3 Å². The van der Waals surface area contributed by atoms with Crippen molar-refractivity contribution >= 4 is 47.6 Å². The number of hydrogen-bond donors (Lipinski definition) is 2. The summed E-state index contributed by atoms with van der Waals surface area (Å²) in [5.41, 5.74) is 0.733. The average Bonchev–Trinajstić information content (AvgIpc) is 2.77. The van der Waals surface area contributed by atoms with Crippen molar-refractivity contribution in [2.24, 2.45) is 10.9 Å². The first-order valence-electron chi connectivity index (χ1n) is 11.0. The number of thioether (sulfide) groups is 1. The highest BCUT2D eigenvalue weighted by Crippen LogP contribution is 2.27. The molecule has 0 aromatic heterocycles. The van der Waals surface area contributed by atoms with Crippen LogP contribution in [0, 0.1) is 11.7 Å². The van der Waals surface area contributed by atoms with Crippen LogP contribution in [0.3, 0.4) is 0 Å². The minimum absolute atomic E-state index is 0. The number of amides is 1. The number of guanidine groups is 1. The number of carbonyl (C=O) groups excluding carboxylic acids is 1. The van der Waals surface area contributed by atoms with E-state index in [0.29, 0.717) is 18.5 Å². The van der Waals surface area contributed by atoms with Crippen molar-refractivity contribution in [3.63, 3.8) is 0 Å². The third kappa shape index (κ3) is 7.51. The standard InChI is InChI=1S/C23H35FN4OS.HI/c1-23(2,18-5-4-6-19(24)15-18)16-26-22(25-3)27-20-9-7-17(8-10-20)21(29)28-11-13-30-14-12-28;/h4-6,15,17,20H,7-14,16H2,1-3H3,(H2,25,26,27);1H. The highest BCUT2D eigenvalue weighted by Gasteiger charge is 2.30. The van der Waals surface area contributed by atoms with E-state index in [2.05, 4.69) is 34.4 Å². The smallest absolute Gasteiger partial charge is 0.225 e. The lowest BCUT2D eigenvalue weighted by Crippen LogP contribution is -2.49. The van der Waals surface area contributed by atoms with Gasteiger partial charge in [0.2, 0.25) is 5.91 Å². The van der Waals surface area contributed by atoms with Crippen molar-refractivity contribution in [2.75, 3.05) is 38.2 Å². The van der Waals surface area contributed by atoms with Crippen molar-refractivity contribution in [1.29, 1.82) is 0 Å². The topological polar surface area (TPSA) is 56.7 Å². The van der Waals surface area contributed by atoms with E-state index < -0.39 is 0 Å². The zero-order chi connectivity index (χ0) is 21.6. The molecule has 1 amide bonds. The van der Waals surface area contributed by atoms with Crippen molar-refractivity contribution < 1.29 is 9.18 Å². The van der Waals surface area contributed by atoms with Gasteiger partial charge in [-0.25, -0.2) is 4.39 Å². The number of aliphatic imine (C=N–C) groups is 1. The van der Waals surface area contributed by atoms with E-state index >= 15 is 0 Å². The lowest BCUT2D eigenvalue weighted by molar-refractivity contribution is -0.136. The highest BCUT2D eigenvalue weighted by atomic mass is 127. The van der Waals surface area contributed by atoms with Crippen molar-refractivity contribution in [3.8, 4) is 0 Å². The molecule has 2 N–H and O–H groups in total. The van der Waals surface area contributed by atoms with Gasteiger partial charge in [-0.2, -0.15) is 11.8 Å². The largest absolute Gasteiger partial charge is 0.356 e. The van der Waals surface area contributed by atoms with E-state index in [4.69, 9.17) is 0 Å². The predicted octanol–water partition coefficient (Wildman–Crippen LogP) is 4.02. The van der Waals surface area contributed by atoms with Crippen LogP contribution < -0.4 is 10.6 Å². The minimum Gasteiger partial charge on any atom is -0.356 e. The Morgan fingerprint density at radius 3 is 2.52 bits per heavy atom. The second-order valence-corrected chi connectivity index (χ2v) is 10.2. The van der Waals surface area contributed by atoms with Gasteiger partial charge >= 0.3 is 0 Å². The molecule has 31 heavy (non-hydrogen) atoms. The molecular formula is C23H36FIN4OS. The van der Waals surface area contributed by atoms with Crippen LogP contribution in [-0.4, -0.2) is 61.0 Å². The van der Waals surface area contributed by atoms with E-state index in [1.807, 2.05) is 17.8 Å². The Kier molecular flexibility index (Phi) is 10.4. The van der Waals surface area contributed by atoms with Crippen LogP contribution in [0.2, 0.25) is 0 Å². The fourth-order valence-electron chi connectivity index (χ4n) is 4.23. The molecule has 2 fully saturated rings. The van der Waals surface area contributed by atoms with Crippen molar-refractivity contribution in [3.05, 3.63) is 35.6 Å². The Hall–Kier alpha value is -1.03. The SMILES string of the molecule is CN=C(NCC(C)(C)c1cccc(F)c1)NC1CCC(C(=O)N2CCSCC2)CC1.I. The number of nitrogens with one attached hydrogen (secondary N) is 2. The molecule has 8 heteroatoms. The maximum atomic E-state index is 13.6. The Balaban J connectivity index is 0.00000341. The first-order valence-corrected chi connectivity index (χ1v) is 12.1. The third-order valence-electron chi connectivity index (χ3n) is 6.27. The maximum absolute atomic E-state index is 13.6. The van der Waals surface area contributed by atoms with E-state index in [9.17, 15) is 9.18 Å². The molecule has 0 spiro atoms. The molecule has 1 aromatic carbocycles. The lowest BCUT2D eigenvalue weighted by Gasteiger charge is -2.34. The summed E-state index contributed by atoms with van der Waals surface area (Å²) >= 11 is 1.94. The molecular weight excluding hydrogens is 526 g/mol. The summed E-state index contributed by atoms with van der Waals surface area (Å²) in [6, 6.07) is 7.10. The maximum Gasteiger partial charge on any atom is 0.225 e. The molecule has 2 aliphatic rings.